The molecule has 0 atom stereocenters. The van der Waals surface area contributed by atoms with E-state index in [2.05, 4.69) is 60.7 Å². The van der Waals surface area contributed by atoms with E-state index in [0.717, 1.165) is 47.0 Å². The first-order chi connectivity index (χ1) is 15.7. The van der Waals surface area contributed by atoms with Gasteiger partial charge in [-0.2, -0.15) is 0 Å². The first kappa shape index (κ1) is 26.4. The minimum absolute atomic E-state index is 0. The Morgan fingerprint density at radius 3 is 1.21 bits per heavy atom. The number of benzene rings is 2. The lowest BCUT2D eigenvalue weighted by Crippen LogP contribution is -3.00. The molecule has 4 rings (SSSR count). The fourth-order valence-corrected chi connectivity index (χ4v) is 6.50. The maximum Gasteiger partial charge on any atom is 0.104 e. The highest BCUT2D eigenvalue weighted by Crippen LogP contribution is 2.37. The zero-order chi connectivity index (χ0) is 22.3. The number of rotatable bonds is 9. The standard InChI is InChI=1S/C28H42N2O2.BrH/c31-21-19-29(23-25-7-3-1-4-8-25)15-11-27(12-16-29)28-13-17-30(18-14-28,20-22-32)24-26-9-5-2-6-10-26;/h1-10,27-28,31-32H,11-24H2;1H/q+2;/p-1. The SMILES string of the molecule is OCC[N+]1(Cc2ccccc2)CCC(C2CC[N+](CCO)(Cc3ccccc3)CC2)CC1.[Br-]. The van der Waals surface area contributed by atoms with Gasteiger partial charge in [0.1, 0.15) is 26.2 Å². The lowest BCUT2D eigenvalue weighted by molar-refractivity contribution is -0.949. The van der Waals surface area contributed by atoms with Crippen LogP contribution in [0.1, 0.15) is 36.8 Å². The molecule has 2 N–H and O–H groups in total. The van der Waals surface area contributed by atoms with Crippen LogP contribution in [0.3, 0.4) is 0 Å². The van der Waals surface area contributed by atoms with Crippen LogP contribution in [0.2, 0.25) is 0 Å². The zero-order valence-electron chi connectivity index (χ0n) is 20.0. The van der Waals surface area contributed by atoms with Gasteiger partial charge in [-0.1, -0.05) is 60.7 Å². The monoisotopic (exact) mass is 517 g/mol. The Hall–Kier alpha value is -1.24. The van der Waals surface area contributed by atoms with Gasteiger partial charge in [-0.05, 0) is 37.5 Å². The number of hydrogen-bond acceptors (Lipinski definition) is 2. The Morgan fingerprint density at radius 1 is 0.576 bits per heavy atom. The van der Waals surface area contributed by atoms with Crippen molar-refractivity contribution in [2.24, 2.45) is 11.8 Å². The van der Waals surface area contributed by atoms with Crippen LogP contribution in [0, 0.1) is 11.8 Å². The third kappa shape index (κ3) is 6.89. The highest BCUT2D eigenvalue weighted by Gasteiger charge is 2.41. The molecule has 0 amide bonds. The van der Waals surface area contributed by atoms with Crippen LogP contribution in [0.4, 0.5) is 0 Å². The summed E-state index contributed by atoms with van der Waals surface area (Å²) >= 11 is 0. The number of nitrogens with zero attached hydrogens (tertiary/aromatic N) is 2. The summed E-state index contributed by atoms with van der Waals surface area (Å²) in [5.74, 6) is 1.65. The summed E-state index contributed by atoms with van der Waals surface area (Å²) in [4.78, 5) is 0. The van der Waals surface area contributed by atoms with E-state index in [9.17, 15) is 10.2 Å². The van der Waals surface area contributed by atoms with Gasteiger partial charge in [-0.15, -0.1) is 0 Å². The van der Waals surface area contributed by atoms with E-state index in [0.29, 0.717) is 0 Å². The van der Waals surface area contributed by atoms with E-state index in [-0.39, 0.29) is 30.2 Å². The lowest BCUT2D eigenvalue weighted by Gasteiger charge is -2.48. The van der Waals surface area contributed by atoms with E-state index in [1.54, 1.807) is 0 Å². The molecule has 2 heterocycles. The zero-order valence-corrected chi connectivity index (χ0v) is 21.6. The van der Waals surface area contributed by atoms with Gasteiger partial charge in [0.2, 0.25) is 0 Å². The van der Waals surface area contributed by atoms with Crippen molar-refractivity contribution in [3.8, 4) is 0 Å². The largest absolute Gasteiger partial charge is 1.00 e. The highest BCUT2D eigenvalue weighted by molar-refractivity contribution is 5.14. The van der Waals surface area contributed by atoms with Crippen LogP contribution in [0.25, 0.3) is 0 Å². The predicted octanol–water partition coefficient (Wildman–Crippen LogP) is 0.829. The van der Waals surface area contributed by atoms with Gasteiger partial charge in [-0.3, -0.25) is 0 Å². The molecule has 33 heavy (non-hydrogen) atoms. The Labute approximate surface area is 210 Å². The predicted molar refractivity (Wildman–Crippen MR) is 130 cm³/mol. The second-order valence-electron chi connectivity index (χ2n) is 10.4. The van der Waals surface area contributed by atoms with Crippen LogP contribution >= 0.6 is 0 Å². The van der Waals surface area contributed by atoms with E-state index in [4.69, 9.17) is 0 Å². The average Bonchev–Trinajstić information content (AvgIpc) is 2.82. The Bertz CT molecular complexity index is 732. The van der Waals surface area contributed by atoms with Crippen LogP contribution in [0.5, 0.6) is 0 Å². The summed E-state index contributed by atoms with van der Waals surface area (Å²) in [5.41, 5.74) is 2.79. The molecule has 0 unspecified atom stereocenters. The number of aliphatic hydroxyl groups is 2. The molecule has 0 radical (unpaired) electrons. The first-order valence-electron chi connectivity index (χ1n) is 12.7. The van der Waals surface area contributed by atoms with E-state index in [1.807, 2.05) is 0 Å². The number of aliphatic hydroxyl groups excluding tert-OH is 2. The summed E-state index contributed by atoms with van der Waals surface area (Å²) in [6.45, 7) is 9.17. The molecule has 2 aliphatic heterocycles. The Balaban J connectivity index is 0.00000306. The molecule has 182 valence electrons. The fraction of sp³-hybridized carbons (Fsp3) is 0.571. The molecule has 0 spiro atoms. The van der Waals surface area contributed by atoms with Gasteiger partial charge in [0.05, 0.1) is 39.4 Å². The van der Waals surface area contributed by atoms with Crippen molar-refractivity contribution in [2.45, 2.75) is 38.8 Å². The minimum atomic E-state index is 0. The van der Waals surface area contributed by atoms with Crippen molar-refractivity contribution >= 4 is 0 Å². The molecule has 2 aromatic rings. The number of halogens is 1. The second-order valence-corrected chi connectivity index (χ2v) is 10.4. The van der Waals surface area contributed by atoms with Gasteiger partial charge >= 0.3 is 0 Å². The first-order valence-corrected chi connectivity index (χ1v) is 12.7. The van der Waals surface area contributed by atoms with Crippen LogP contribution in [-0.4, -0.2) is 71.7 Å². The molecule has 2 aromatic carbocycles. The summed E-state index contributed by atoms with van der Waals surface area (Å²) in [5, 5.41) is 19.5. The van der Waals surface area contributed by atoms with Gasteiger partial charge in [0.15, 0.2) is 0 Å². The lowest BCUT2D eigenvalue weighted by atomic mass is 9.77. The average molecular weight is 519 g/mol. The van der Waals surface area contributed by atoms with Crippen LogP contribution in [0.15, 0.2) is 60.7 Å². The maximum absolute atomic E-state index is 9.77. The third-order valence-electron chi connectivity index (χ3n) is 8.43. The molecule has 2 fully saturated rings. The molecular weight excluding hydrogens is 476 g/mol. The van der Waals surface area contributed by atoms with Crippen LogP contribution in [-0.2, 0) is 13.1 Å². The fourth-order valence-electron chi connectivity index (χ4n) is 6.50. The molecule has 0 aromatic heterocycles. The number of hydrogen-bond donors (Lipinski definition) is 2. The minimum Gasteiger partial charge on any atom is -1.00 e. The number of quaternary nitrogens is 2. The van der Waals surface area contributed by atoms with Crippen molar-refractivity contribution < 1.29 is 36.2 Å². The molecule has 2 saturated heterocycles. The summed E-state index contributed by atoms with van der Waals surface area (Å²) < 4.78 is 2.09. The van der Waals surface area contributed by atoms with Crippen molar-refractivity contribution in [3.05, 3.63) is 71.8 Å². The van der Waals surface area contributed by atoms with Gasteiger partial charge in [-0.25, -0.2) is 0 Å². The van der Waals surface area contributed by atoms with E-state index in [1.165, 1.54) is 63.0 Å². The molecule has 5 heteroatoms. The number of piperidine rings is 2. The highest BCUT2D eigenvalue weighted by atomic mass is 79.9. The smallest absolute Gasteiger partial charge is 0.104 e. The molecule has 4 nitrogen and oxygen atoms in total. The Kier molecular flexibility index (Phi) is 9.95. The molecule has 0 saturated carbocycles. The van der Waals surface area contributed by atoms with Gasteiger partial charge in [0.25, 0.3) is 0 Å². The summed E-state index contributed by atoms with van der Waals surface area (Å²) in [6, 6.07) is 21.6. The van der Waals surface area contributed by atoms with Crippen molar-refractivity contribution in [1.82, 2.24) is 0 Å². The number of likely N-dealkylation sites (tertiary alicyclic amines) is 2. The third-order valence-corrected chi connectivity index (χ3v) is 8.43. The van der Waals surface area contributed by atoms with E-state index >= 15 is 0 Å². The van der Waals surface area contributed by atoms with Gasteiger partial charge in [0, 0.05) is 11.1 Å². The van der Waals surface area contributed by atoms with Crippen LogP contribution < -0.4 is 17.0 Å². The quantitative estimate of drug-likeness (QED) is 0.483. The summed E-state index contributed by atoms with van der Waals surface area (Å²) in [7, 11) is 0. The van der Waals surface area contributed by atoms with Crippen molar-refractivity contribution in [3.63, 3.8) is 0 Å². The van der Waals surface area contributed by atoms with Crippen molar-refractivity contribution in [1.29, 1.82) is 0 Å². The van der Waals surface area contributed by atoms with Gasteiger partial charge < -0.3 is 36.2 Å². The summed E-state index contributed by atoms with van der Waals surface area (Å²) in [6.07, 6.45) is 5.15. The molecule has 0 aliphatic carbocycles. The van der Waals surface area contributed by atoms with E-state index < -0.39 is 0 Å². The normalized spacial score (nSPS) is 29.9. The molecule has 0 bridgehead atoms. The topological polar surface area (TPSA) is 40.5 Å². The van der Waals surface area contributed by atoms with Crippen molar-refractivity contribution in [2.75, 3.05) is 52.5 Å². The molecule has 2 aliphatic rings. The maximum atomic E-state index is 9.77. The second kappa shape index (κ2) is 12.5. The Morgan fingerprint density at radius 2 is 0.909 bits per heavy atom. The molecular formula is C28H42BrN2O2+.